The molecule has 100 valence electrons. The molecule has 2 rings (SSSR count). The number of allylic oxidation sites excluding steroid dienone is 2. The molecule has 6 nitrogen and oxygen atoms in total. The normalized spacial score (nSPS) is 19.7. The van der Waals surface area contributed by atoms with Gasteiger partial charge in [-0.05, 0) is 19.4 Å². The second kappa shape index (κ2) is 5.09. The van der Waals surface area contributed by atoms with Crippen molar-refractivity contribution in [3.63, 3.8) is 0 Å². The van der Waals surface area contributed by atoms with Crippen LogP contribution in [0.2, 0.25) is 0 Å². The molecule has 1 aromatic rings. The molecule has 0 radical (unpaired) electrons. The Bertz CT molecular complexity index is 621. The molecule has 2 amide bonds. The number of hydrogen-bond donors (Lipinski definition) is 1. The fourth-order valence-corrected chi connectivity index (χ4v) is 1.97. The first-order chi connectivity index (χ1) is 9.04. The highest BCUT2D eigenvalue weighted by atomic mass is 16.5. The number of amides is 2. The Balaban J connectivity index is 2.39. The molecule has 1 saturated heterocycles. The number of aromatic nitrogens is 1. The largest absolute Gasteiger partial charge is 0.380 e. The van der Waals surface area contributed by atoms with Crippen LogP contribution in [0.25, 0.3) is 6.08 Å². The van der Waals surface area contributed by atoms with Gasteiger partial charge in [0.15, 0.2) is 0 Å². The first-order valence-electron chi connectivity index (χ1n) is 5.89. The molecule has 1 fully saturated rings. The van der Waals surface area contributed by atoms with E-state index in [2.05, 4.69) is 11.9 Å². The minimum absolute atomic E-state index is 0.195. The molecule has 1 atom stereocenters. The summed E-state index contributed by atoms with van der Waals surface area (Å²) < 4.78 is 6.36. The van der Waals surface area contributed by atoms with E-state index in [1.165, 1.54) is 0 Å². The first kappa shape index (κ1) is 13.1. The van der Waals surface area contributed by atoms with Crippen LogP contribution in [0.15, 0.2) is 28.0 Å². The van der Waals surface area contributed by atoms with Crippen LogP contribution in [0.5, 0.6) is 0 Å². The van der Waals surface area contributed by atoms with Gasteiger partial charge in [-0.1, -0.05) is 18.7 Å². The maximum Gasteiger partial charge on any atom is 0.290 e. The van der Waals surface area contributed by atoms with Crippen molar-refractivity contribution in [1.82, 2.24) is 10.1 Å². The standard InChI is InChI=1S/C13H14N2O4/c1-3-4-5-9-8(2)19-15(13(9)18)10-6-7-11(16)14-12(10)17/h3-5,10H,1,6-7H2,2H3,(H,14,16,17)/b5-4-. The van der Waals surface area contributed by atoms with Crippen LogP contribution in [-0.4, -0.2) is 16.6 Å². The summed E-state index contributed by atoms with van der Waals surface area (Å²) in [5, 5.41) is 2.20. The lowest BCUT2D eigenvalue weighted by Gasteiger charge is -2.19. The summed E-state index contributed by atoms with van der Waals surface area (Å²) in [6, 6.07) is -0.769. The number of hydrogen-bond acceptors (Lipinski definition) is 4. The Labute approximate surface area is 109 Å². The van der Waals surface area contributed by atoms with E-state index in [1.54, 1.807) is 25.2 Å². The minimum atomic E-state index is -0.769. The molecule has 0 saturated carbocycles. The van der Waals surface area contributed by atoms with Gasteiger partial charge in [-0.2, -0.15) is 4.74 Å². The van der Waals surface area contributed by atoms with Crippen LogP contribution in [0.3, 0.4) is 0 Å². The number of aryl methyl sites for hydroxylation is 1. The molecule has 1 N–H and O–H groups in total. The Morgan fingerprint density at radius 3 is 2.79 bits per heavy atom. The maximum absolute atomic E-state index is 12.1. The predicted molar refractivity (Wildman–Crippen MR) is 68.4 cm³/mol. The average Bonchev–Trinajstić information content (AvgIpc) is 2.63. The third kappa shape index (κ3) is 2.42. The number of carbonyl (C=O) groups is 2. The number of piperidine rings is 1. The van der Waals surface area contributed by atoms with Gasteiger partial charge < -0.3 is 4.52 Å². The minimum Gasteiger partial charge on any atom is -0.380 e. The second-order valence-corrected chi connectivity index (χ2v) is 4.25. The maximum atomic E-state index is 12.1. The van der Waals surface area contributed by atoms with E-state index in [9.17, 15) is 14.4 Å². The SMILES string of the molecule is C=C/C=C\c1c(C)on(C2CCC(=O)NC2=O)c1=O. The highest BCUT2D eigenvalue weighted by Crippen LogP contribution is 2.19. The zero-order valence-corrected chi connectivity index (χ0v) is 10.5. The number of nitrogens with one attached hydrogen (secondary N) is 1. The Hall–Kier alpha value is -2.37. The van der Waals surface area contributed by atoms with Gasteiger partial charge >= 0.3 is 0 Å². The third-order valence-corrected chi connectivity index (χ3v) is 2.94. The highest BCUT2D eigenvalue weighted by molar-refractivity contribution is 5.99. The zero-order chi connectivity index (χ0) is 14.0. The molecule has 2 heterocycles. The van der Waals surface area contributed by atoms with Crippen LogP contribution in [0.1, 0.15) is 30.2 Å². The molecule has 1 aliphatic rings. The van der Waals surface area contributed by atoms with Crippen LogP contribution in [0, 0.1) is 6.92 Å². The third-order valence-electron chi connectivity index (χ3n) is 2.94. The summed E-state index contributed by atoms with van der Waals surface area (Å²) in [6.07, 6.45) is 5.20. The van der Waals surface area contributed by atoms with Crippen molar-refractivity contribution in [2.24, 2.45) is 0 Å². The summed E-state index contributed by atoms with van der Waals surface area (Å²) in [6.45, 7) is 5.17. The first-order valence-corrected chi connectivity index (χ1v) is 5.89. The number of nitrogens with zero attached hydrogens (tertiary/aromatic N) is 1. The fourth-order valence-electron chi connectivity index (χ4n) is 1.97. The van der Waals surface area contributed by atoms with E-state index in [4.69, 9.17) is 4.52 Å². The van der Waals surface area contributed by atoms with Gasteiger partial charge in [0, 0.05) is 6.42 Å². The highest BCUT2D eigenvalue weighted by Gasteiger charge is 2.31. The summed E-state index contributed by atoms with van der Waals surface area (Å²) in [5.41, 5.74) is -0.00491. The summed E-state index contributed by atoms with van der Waals surface area (Å²) >= 11 is 0. The van der Waals surface area contributed by atoms with E-state index in [0.29, 0.717) is 11.3 Å². The number of rotatable bonds is 3. The quantitative estimate of drug-likeness (QED) is 0.649. The molecule has 0 bridgehead atoms. The molecule has 0 spiro atoms. The summed E-state index contributed by atoms with van der Waals surface area (Å²) in [5.74, 6) is -0.413. The van der Waals surface area contributed by atoms with Gasteiger partial charge in [-0.3, -0.25) is 19.7 Å². The Morgan fingerprint density at radius 1 is 1.42 bits per heavy atom. The van der Waals surface area contributed by atoms with E-state index in [-0.39, 0.29) is 24.3 Å². The van der Waals surface area contributed by atoms with Crippen molar-refractivity contribution in [3.05, 3.63) is 40.4 Å². The van der Waals surface area contributed by atoms with E-state index in [1.807, 2.05) is 0 Å². The van der Waals surface area contributed by atoms with Crippen molar-refractivity contribution >= 4 is 17.9 Å². The zero-order valence-electron chi connectivity index (χ0n) is 10.5. The van der Waals surface area contributed by atoms with Gasteiger partial charge in [-0.25, -0.2) is 0 Å². The van der Waals surface area contributed by atoms with Crippen LogP contribution in [-0.2, 0) is 9.59 Å². The molecule has 0 aromatic carbocycles. The average molecular weight is 262 g/mol. The molecule has 0 aliphatic carbocycles. The topological polar surface area (TPSA) is 81.3 Å². The van der Waals surface area contributed by atoms with Gasteiger partial charge in [0.2, 0.25) is 5.91 Å². The fraction of sp³-hybridized carbons (Fsp3) is 0.308. The monoisotopic (exact) mass is 262 g/mol. The molecule has 1 unspecified atom stereocenters. The van der Waals surface area contributed by atoms with Gasteiger partial charge in [0.25, 0.3) is 11.5 Å². The van der Waals surface area contributed by atoms with Gasteiger partial charge in [0.1, 0.15) is 11.8 Å². The van der Waals surface area contributed by atoms with Gasteiger partial charge in [0.05, 0.1) is 5.56 Å². The summed E-state index contributed by atoms with van der Waals surface area (Å²) in [7, 11) is 0. The van der Waals surface area contributed by atoms with Crippen LogP contribution >= 0.6 is 0 Å². The second-order valence-electron chi connectivity index (χ2n) is 4.25. The Kier molecular flexibility index (Phi) is 3.50. The van der Waals surface area contributed by atoms with Crippen molar-refractivity contribution in [1.29, 1.82) is 0 Å². The van der Waals surface area contributed by atoms with Gasteiger partial charge in [-0.15, -0.1) is 0 Å². The van der Waals surface area contributed by atoms with Crippen molar-refractivity contribution < 1.29 is 14.1 Å². The van der Waals surface area contributed by atoms with Crippen molar-refractivity contribution in [3.8, 4) is 0 Å². The van der Waals surface area contributed by atoms with E-state index < -0.39 is 11.9 Å². The van der Waals surface area contributed by atoms with Crippen molar-refractivity contribution in [2.45, 2.75) is 25.8 Å². The lowest BCUT2D eigenvalue weighted by Crippen LogP contribution is -2.43. The smallest absolute Gasteiger partial charge is 0.290 e. The Morgan fingerprint density at radius 2 is 2.16 bits per heavy atom. The molecule has 19 heavy (non-hydrogen) atoms. The van der Waals surface area contributed by atoms with E-state index in [0.717, 1.165) is 4.74 Å². The lowest BCUT2D eigenvalue weighted by molar-refractivity contribution is -0.137. The molecule has 1 aliphatic heterocycles. The number of imide groups is 1. The molecule has 6 heteroatoms. The van der Waals surface area contributed by atoms with Crippen molar-refractivity contribution in [2.75, 3.05) is 0 Å². The van der Waals surface area contributed by atoms with E-state index >= 15 is 0 Å². The predicted octanol–water partition coefficient (Wildman–Crippen LogP) is 0.927. The molecular weight excluding hydrogens is 248 g/mol. The summed E-state index contributed by atoms with van der Waals surface area (Å²) in [4.78, 5) is 34.9. The molecular formula is C13H14N2O4. The lowest BCUT2D eigenvalue weighted by atomic mass is 10.1. The van der Waals surface area contributed by atoms with Crippen LogP contribution in [0.4, 0.5) is 0 Å². The molecule has 1 aromatic heterocycles. The van der Waals surface area contributed by atoms with Crippen LogP contribution < -0.4 is 10.9 Å². The number of carbonyl (C=O) groups excluding carboxylic acids is 2.